The Kier molecular flexibility index (Phi) is 6.93. The summed E-state index contributed by atoms with van der Waals surface area (Å²) >= 11 is 0. The van der Waals surface area contributed by atoms with Crippen LogP contribution in [0.15, 0.2) is 199 Å². The summed E-state index contributed by atoms with van der Waals surface area (Å²) in [5.74, 6) is 0. The van der Waals surface area contributed by atoms with Gasteiger partial charge in [-0.15, -0.1) is 0 Å². The molecule has 0 amide bonds. The van der Waals surface area contributed by atoms with Gasteiger partial charge in [0.05, 0.1) is 22.1 Å². The molecule has 254 valence electrons. The Bertz CT molecular complexity index is 3190. The standard InChI is InChI=1S/C51H34N2O/c1-3-15-34(16-4-1)43-31-35-17-13-18-36(50(35)41-23-8-7-21-39(41)43)33-52(47-26-14-28-49-51(47)42-24-10-12-27-48(42)54-49)38-29-30-46-44(32-38)40-22-9-11-25-45(40)53(46)37-19-5-2-6-20-37/h1-32H,33H2. The van der Waals surface area contributed by atoms with Crippen molar-refractivity contribution >= 4 is 76.7 Å². The first kappa shape index (κ1) is 30.5. The van der Waals surface area contributed by atoms with Gasteiger partial charge in [-0.05, 0) is 98.9 Å². The Morgan fingerprint density at radius 2 is 1.11 bits per heavy atom. The molecule has 0 unspecified atom stereocenters. The summed E-state index contributed by atoms with van der Waals surface area (Å²) in [5.41, 5.74) is 11.3. The highest BCUT2D eigenvalue weighted by Gasteiger charge is 2.22. The van der Waals surface area contributed by atoms with Gasteiger partial charge in [-0.25, -0.2) is 0 Å². The van der Waals surface area contributed by atoms with Gasteiger partial charge >= 0.3 is 0 Å². The van der Waals surface area contributed by atoms with E-state index in [2.05, 4.69) is 198 Å². The second kappa shape index (κ2) is 12.3. The monoisotopic (exact) mass is 690 g/mol. The molecular weight excluding hydrogens is 657 g/mol. The molecule has 54 heavy (non-hydrogen) atoms. The second-order valence-electron chi connectivity index (χ2n) is 14.1. The van der Waals surface area contributed by atoms with Crippen LogP contribution >= 0.6 is 0 Å². The van der Waals surface area contributed by atoms with Gasteiger partial charge in [0, 0.05) is 34.1 Å². The van der Waals surface area contributed by atoms with E-state index >= 15 is 0 Å². The number of benzene rings is 9. The molecular formula is C51H34N2O. The van der Waals surface area contributed by atoms with Crippen LogP contribution in [0.3, 0.4) is 0 Å². The third-order valence-corrected chi connectivity index (χ3v) is 11.0. The molecule has 0 radical (unpaired) electrons. The predicted molar refractivity (Wildman–Crippen MR) is 227 cm³/mol. The molecule has 0 aliphatic carbocycles. The summed E-state index contributed by atoms with van der Waals surface area (Å²) in [4.78, 5) is 2.49. The smallest absolute Gasteiger partial charge is 0.137 e. The van der Waals surface area contributed by atoms with E-state index in [1.807, 2.05) is 6.07 Å². The summed E-state index contributed by atoms with van der Waals surface area (Å²) in [5, 5.41) is 9.72. The molecule has 0 atom stereocenters. The maximum atomic E-state index is 6.46. The highest BCUT2D eigenvalue weighted by atomic mass is 16.3. The molecule has 0 N–H and O–H groups in total. The molecule has 2 aromatic heterocycles. The van der Waals surface area contributed by atoms with Crippen molar-refractivity contribution in [1.82, 2.24) is 4.57 Å². The zero-order valence-electron chi connectivity index (χ0n) is 29.5. The minimum atomic E-state index is 0.660. The molecule has 2 heterocycles. The first-order valence-corrected chi connectivity index (χ1v) is 18.6. The third kappa shape index (κ3) is 4.76. The van der Waals surface area contributed by atoms with Crippen molar-refractivity contribution in [3.05, 3.63) is 200 Å². The van der Waals surface area contributed by atoms with Crippen LogP contribution in [0.4, 0.5) is 11.4 Å². The molecule has 0 bridgehead atoms. The van der Waals surface area contributed by atoms with Gasteiger partial charge in [-0.1, -0.05) is 133 Å². The quantitative estimate of drug-likeness (QED) is 0.162. The molecule has 0 aliphatic heterocycles. The number of hydrogen-bond donors (Lipinski definition) is 0. The van der Waals surface area contributed by atoms with Crippen LogP contribution in [0.25, 0.3) is 82.1 Å². The summed E-state index contributed by atoms with van der Waals surface area (Å²) in [6, 6.07) is 70.0. The molecule has 0 saturated heterocycles. The van der Waals surface area contributed by atoms with Gasteiger partial charge in [-0.3, -0.25) is 0 Å². The van der Waals surface area contributed by atoms with Crippen LogP contribution in [0.2, 0.25) is 0 Å². The lowest BCUT2D eigenvalue weighted by Gasteiger charge is -2.27. The predicted octanol–water partition coefficient (Wildman–Crippen LogP) is 14.0. The van der Waals surface area contributed by atoms with Crippen LogP contribution in [0.5, 0.6) is 0 Å². The lowest BCUT2D eigenvalue weighted by molar-refractivity contribution is 0.669. The van der Waals surface area contributed by atoms with Crippen molar-refractivity contribution in [3.8, 4) is 16.8 Å². The normalized spacial score (nSPS) is 11.8. The molecule has 3 nitrogen and oxygen atoms in total. The number of anilines is 2. The Balaban J connectivity index is 1.17. The lowest BCUT2D eigenvalue weighted by atomic mass is 9.91. The lowest BCUT2D eigenvalue weighted by Crippen LogP contribution is -2.17. The molecule has 9 aromatic carbocycles. The topological polar surface area (TPSA) is 21.3 Å². The fourth-order valence-corrected chi connectivity index (χ4v) is 8.68. The van der Waals surface area contributed by atoms with Crippen molar-refractivity contribution in [3.63, 3.8) is 0 Å². The number of para-hydroxylation sites is 3. The highest BCUT2D eigenvalue weighted by Crippen LogP contribution is 2.43. The molecule has 0 fully saturated rings. The van der Waals surface area contributed by atoms with E-state index in [1.54, 1.807) is 0 Å². The second-order valence-corrected chi connectivity index (χ2v) is 14.1. The molecule has 0 aliphatic rings. The van der Waals surface area contributed by atoms with E-state index in [4.69, 9.17) is 4.42 Å². The zero-order chi connectivity index (χ0) is 35.6. The minimum Gasteiger partial charge on any atom is -0.456 e. The number of hydrogen-bond acceptors (Lipinski definition) is 2. The van der Waals surface area contributed by atoms with Crippen LogP contribution in [0, 0.1) is 0 Å². The first-order chi connectivity index (χ1) is 26.8. The van der Waals surface area contributed by atoms with E-state index in [-0.39, 0.29) is 0 Å². The Morgan fingerprint density at radius 3 is 1.96 bits per heavy atom. The van der Waals surface area contributed by atoms with Crippen molar-refractivity contribution in [1.29, 1.82) is 0 Å². The van der Waals surface area contributed by atoms with E-state index < -0.39 is 0 Å². The number of rotatable bonds is 6. The van der Waals surface area contributed by atoms with Gasteiger partial charge < -0.3 is 13.9 Å². The minimum absolute atomic E-state index is 0.660. The summed E-state index contributed by atoms with van der Waals surface area (Å²) < 4.78 is 8.84. The van der Waals surface area contributed by atoms with E-state index in [1.165, 1.54) is 60.0 Å². The molecule has 11 rings (SSSR count). The van der Waals surface area contributed by atoms with Gasteiger partial charge in [0.25, 0.3) is 0 Å². The van der Waals surface area contributed by atoms with E-state index in [0.717, 1.165) is 39.0 Å². The van der Waals surface area contributed by atoms with E-state index in [9.17, 15) is 0 Å². The maximum absolute atomic E-state index is 6.46. The fourth-order valence-electron chi connectivity index (χ4n) is 8.68. The van der Waals surface area contributed by atoms with Crippen molar-refractivity contribution < 1.29 is 4.42 Å². The van der Waals surface area contributed by atoms with Gasteiger partial charge in [-0.2, -0.15) is 0 Å². The van der Waals surface area contributed by atoms with Crippen molar-refractivity contribution in [2.24, 2.45) is 0 Å². The molecule has 0 saturated carbocycles. The van der Waals surface area contributed by atoms with Crippen LogP contribution in [-0.4, -0.2) is 4.57 Å². The number of aromatic nitrogens is 1. The van der Waals surface area contributed by atoms with Gasteiger partial charge in [0.1, 0.15) is 11.2 Å². The zero-order valence-corrected chi connectivity index (χ0v) is 29.5. The number of furan rings is 1. The Morgan fingerprint density at radius 1 is 0.444 bits per heavy atom. The maximum Gasteiger partial charge on any atom is 0.137 e. The van der Waals surface area contributed by atoms with Crippen LogP contribution in [0.1, 0.15) is 5.56 Å². The van der Waals surface area contributed by atoms with Crippen molar-refractivity contribution in [2.75, 3.05) is 4.90 Å². The summed E-state index contributed by atoms with van der Waals surface area (Å²) in [6.07, 6.45) is 0. The number of fused-ring (bicyclic) bond motifs is 9. The average Bonchev–Trinajstić information content (AvgIpc) is 3.79. The summed E-state index contributed by atoms with van der Waals surface area (Å²) in [7, 11) is 0. The highest BCUT2D eigenvalue weighted by molar-refractivity contribution is 6.16. The fraction of sp³-hybridized carbons (Fsp3) is 0.0196. The largest absolute Gasteiger partial charge is 0.456 e. The van der Waals surface area contributed by atoms with Crippen LogP contribution < -0.4 is 4.90 Å². The SMILES string of the molecule is c1ccc(-c2cc3cccc(CN(c4ccc5c(c4)c4ccccc4n5-c4ccccc4)c4cccc5oc6ccccc6c45)c3c3ccccc23)cc1. The first-order valence-electron chi connectivity index (χ1n) is 18.6. The van der Waals surface area contributed by atoms with Crippen LogP contribution in [-0.2, 0) is 6.54 Å². The summed E-state index contributed by atoms with van der Waals surface area (Å²) in [6.45, 7) is 0.660. The van der Waals surface area contributed by atoms with E-state index in [0.29, 0.717) is 6.54 Å². The third-order valence-electron chi connectivity index (χ3n) is 11.0. The van der Waals surface area contributed by atoms with Gasteiger partial charge in [0.15, 0.2) is 0 Å². The van der Waals surface area contributed by atoms with Gasteiger partial charge in [0.2, 0.25) is 0 Å². The molecule has 11 aromatic rings. The Hall–Kier alpha value is -7.10. The van der Waals surface area contributed by atoms with Crippen molar-refractivity contribution in [2.45, 2.75) is 6.54 Å². The molecule has 3 heteroatoms. The number of nitrogens with zero attached hydrogens (tertiary/aromatic N) is 2. The molecule has 0 spiro atoms. The Labute approximate surface area is 312 Å². The average molecular weight is 691 g/mol.